The quantitative estimate of drug-likeness (QED) is 0.323. The predicted molar refractivity (Wildman–Crippen MR) is 82.7 cm³/mol. The van der Waals surface area contributed by atoms with Crippen LogP contribution in [0.4, 0.5) is 4.39 Å². The van der Waals surface area contributed by atoms with Crippen LogP contribution in [-0.4, -0.2) is 12.3 Å². The second kappa shape index (κ2) is 8.68. The minimum atomic E-state index is -0.383. The molecule has 0 aliphatic carbocycles. The minimum Gasteiger partial charge on any atom is -0.489 e. The van der Waals surface area contributed by atoms with Gasteiger partial charge in [0, 0.05) is 18.4 Å². The Morgan fingerprint density at radius 3 is 2.43 bits per heavy atom. The molecular formula is C18H17FO4. The van der Waals surface area contributed by atoms with Crippen molar-refractivity contribution in [2.75, 3.05) is 0 Å². The normalized spacial score (nSPS) is 10.1. The molecule has 2 rings (SSSR count). The van der Waals surface area contributed by atoms with Crippen LogP contribution >= 0.6 is 0 Å². The highest BCUT2D eigenvalue weighted by atomic mass is 19.1. The Balaban J connectivity index is 1.83. The number of hydrogen-bond acceptors (Lipinski definition) is 4. The van der Waals surface area contributed by atoms with Crippen LogP contribution in [0.2, 0.25) is 0 Å². The van der Waals surface area contributed by atoms with Gasteiger partial charge in [-0.05, 0) is 36.8 Å². The van der Waals surface area contributed by atoms with Gasteiger partial charge in [-0.2, -0.15) is 0 Å². The van der Waals surface area contributed by atoms with E-state index in [1.165, 1.54) is 6.07 Å². The summed E-state index contributed by atoms with van der Waals surface area (Å²) in [5.41, 5.74) is 0.471. The van der Waals surface area contributed by atoms with E-state index in [-0.39, 0.29) is 24.8 Å². The smallest absolute Gasteiger partial charge is 0.311 e. The van der Waals surface area contributed by atoms with Gasteiger partial charge in [0.25, 0.3) is 0 Å². The molecule has 2 aromatic carbocycles. The minimum absolute atomic E-state index is 0.123. The van der Waals surface area contributed by atoms with Gasteiger partial charge in [-0.3, -0.25) is 4.79 Å². The lowest BCUT2D eigenvalue weighted by Crippen LogP contribution is -2.07. The zero-order chi connectivity index (χ0) is 16.5. The van der Waals surface area contributed by atoms with Crippen LogP contribution in [-0.2, 0) is 16.2 Å². The first-order chi connectivity index (χ1) is 11.2. The summed E-state index contributed by atoms with van der Waals surface area (Å²) < 4.78 is 24.1. The van der Waals surface area contributed by atoms with Crippen molar-refractivity contribution in [1.82, 2.24) is 0 Å². The Labute approximate surface area is 133 Å². The molecule has 0 aromatic heterocycles. The van der Waals surface area contributed by atoms with Gasteiger partial charge in [0.15, 0.2) is 0 Å². The van der Waals surface area contributed by atoms with Crippen molar-refractivity contribution >= 4 is 12.3 Å². The first-order valence-electron chi connectivity index (χ1n) is 7.29. The molecule has 0 amide bonds. The summed E-state index contributed by atoms with van der Waals surface area (Å²) in [6, 6.07) is 12.9. The first kappa shape index (κ1) is 16.7. The Kier molecular flexibility index (Phi) is 6.29. The van der Waals surface area contributed by atoms with Gasteiger partial charge in [0.1, 0.15) is 30.2 Å². The molecule has 0 bridgehead atoms. The molecule has 0 N–H and O–H groups in total. The molecule has 0 radical (unpaired) electrons. The molecule has 2 aromatic rings. The van der Waals surface area contributed by atoms with Crippen molar-refractivity contribution in [1.29, 1.82) is 0 Å². The third-order valence-corrected chi connectivity index (χ3v) is 3.11. The maximum atomic E-state index is 13.5. The number of rotatable bonds is 8. The van der Waals surface area contributed by atoms with E-state index in [1.807, 2.05) is 0 Å². The van der Waals surface area contributed by atoms with Crippen molar-refractivity contribution in [3.05, 3.63) is 59.9 Å². The van der Waals surface area contributed by atoms with Gasteiger partial charge < -0.3 is 14.3 Å². The first-order valence-corrected chi connectivity index (χ1v) is 7.29. The third-order valence-electron chi connectivity index (χ3n) is 3.11. The van der Waals surface area contributed by atoms with Crippen molar-refractivity contribution < 1.29 is 23.5 Å². The van der Waals surface area contributed by atoms with Gasteiger partial charge in [0.05, 0.1) is 0 Å². The molecule has 0 saturated heterocycles. The summed E-state index contributed by atoms with van der Waals surface area (Å²) in [7, 11) is 0. The molecule has 0 aliphatic rings. The number of carbonyl (C=O) groups is 2. The monoisotopic (exact) mass is 316 g/mol. The summed E-state index contributed by atoms with van der Waals surface area (Å²) in [6.07, 6.45) is 1.79. The Hall–Kier alpha value is -2.69. The third kappa shape index (κ3) is 5.54. The number of benzene rings is 2. The molecule has 0 unspecified atom stereocenters. The van der Waals surface area contributed by atoms with E-state index in [9.17, 15) is 14.0 Å². The lowest BCUT2D eigenvalue weighted by Gasteiger charge is -2.08. The Morgan fingerprint density at radius 1 is 1.04 bits per heavy atom. The lowest BCUT2D eigenvalue weighted by molar-refractivity contribution is -0.134. The fourth-order valence-electron chi connectivity index (χ4n) is 1.89. The van der Waals surface area contributed by atoms with Crippen LogP contribution in [0.1, 0.15) is 24.8 Å². The molecule has 0 spiro atoms. The molecule has 0 fully saturated rings. The molecule has 4 nitrogen and oxygen atoms in total. The van der Waals surface area contributed by atoms with Gasteiger partial charge in [0.2, 0.25) is 0 Å². The van der Waals surface area contributed by atoms with E-state index in [2.05, 4.69) is 0 Å². The van der Waals surface area contributed by atoms with E-state index < -0.39 is 0 Å². The lowest BCUT2D eigenvalue weighted by atomic mass is 10.2. The zero-order valence-electron chi connectivity index (χ0n) is 12.5. The van der Waals surface area contributed by atoms with Crippen LogP contribution < -0.4 is 9.47 Å². The molecular weight excluding hydrogens is 299 g/mol. The zero-order valence-corrected chi connectivity index (χ0v) is 12.5. The van der Waals surface area contributed by atoms with E-state index in [1.54, 1.807) is 42.5 Å². The van der Waals surface area contributed by atoms with Crippen LogP contribution in [0.15, 0.2) is 48.5 Å². The van der Waals surface area contributed by atoms with Crippen LogP contribution in [0.3, 0.4) is 0 Å². The summed E-state index contributed by atoms with van der Waals surface area (Å²) in [5, 5.41) is 0. The van der Waals surface area contributed by atoms with Gasteiger partial charge in [-0.1, -0.05) is 18.2 Å². The summed E-state index contributed by atoms with van der Waals surface area (Å²) in [6.45, 7) is 0.123. The number of unbranched alkanes of at least 4 members (excludes halogenated alkanes) is 1. The van der Waals surface area contributed by atoms with Gasteiger partial charge in [-0.25, -0.2) is 4.39 Å². The number of carbonyl (C=O) groups excluding carboxylic acids is 2. The van der Waals surface area contributed by atoms with E-state index in [0.717, 1.165) is 6.29 Å². The average Bonchev–Trinajstić information content (AvgIpc) is 2.56. The van der Waals surface area contributed by atoms with Crippen molar-refractivity contribution in [3.8, 4) is 11.5 Å². The number of esters is 1. The number of ether oxygens (including phenoxy) is 2. The highest BCUT2D eigenvalue weighted by Crippen LogP contribution is 2.19. The highest BCUT2D eigenvalue weighted by molar-refractivity contribution is 5.72. The molecule has 0 aliphatic heterocycles. The van der Waals surface area contributed by atoms with E-state index >= 15 is 0 Å². The molecule has 23 heavy (non-hydrogen) atoms. The molecule has 0 atom stereocenters. The van der Waals surface area contributed by atoms with Crippen LogP contribution in [0.5, 0.6) is 11.5 Å². The van der Waals surface area contributed by atoms with E-state index in [4.69, 9.17) is 9.47 Å². The van der Waals surface area contributed by atoms with Crippen molar-refractivity contribution in [2.45, 2.75) is 25.9 Å². The summed E-state index contributed by atoms with van der Waals surface area (Å²) in [5.74, 6) is 0.258. The average molecular weight is 316 g/mol. The SMILES string of the molecule is O=CCCCC(=O)Oc1ccc(OCc2ccccc2F)cc1. The fourth-order valence-corrected chi connectivity index (χ4v) is 1.89. The Morgan fingerprint density at radius 2 is 1.74 bits per heavy atom. The molecule has 5 heteroatoms. The second-order valence-electron chi connectivity index (χ2n) is 4.88. The van der Waals surface area contributed by atoms with Crippen molar-refractivity contribution in [3.63, 3.8) is 0 Å². The predicted octanol–water partition coefficient (Wildman–Crippen LogP) is 3.68. The Bertz CT molecular complexity index is 652. The fraction of sp³-hybridized carbons (Fsp3) is 0.222. The maximum absolute atomic E-state index is 13.5. The van der Waals surface area contributed by atoms with Crippen LogP contribution in [0, 0.1) is 5.82 Å². The largest absolute Gasteiger partial charge is 0.489 e. The highest BCUT2D eigenvalue weighted by Gasteiger charge is 2.06. The topological polar surface area (TPSA) is 52.6 Å². The molecule has 0 heterocycles. The summed E-state index contributed by atoms with van der Waals surface area (Å²) >= 11 is 0. The number of hydrogen-bond donors (Lipinski definition) is 0. The second-order valence-corrected chi connectivity index (χ2v) is 4.88. The molecule has 120 valence electrons. The molecule has 0 saturated carbocycles. The van der Waals surface area contributed by atoms with Gasteiger partial charge in [-0.15, -0.1) is 0 Å². The van der Waals surface area contributed by atoms with Crippen molar-refractivity contribution in [2.24, 2.45) is 0 Å². The number of aldehydes is 1. The summed E-state index contributed by atoms with van der Waals surface area (Å²) in [4.78, 5) is 21.7. The standard InChI is InChI=1S/C18H17FO4/c19-17-6-2-1-5-14(17)13-22-15-8-10-16(11-9-15)23-18(21)7-3-4-12-20/h1-2,5-6,8-12H,3-4,7,13H2. The number of halogens is 1. The van der Waals surface area contributed by atoms with Crippen LogP contribution in [0.25, 0.3) is 0 Å². The maximum Gasteiger partial charge on any atom is 0.311 e. The van der Waals surface area contributed by atoms with Gasteiger partial charge >= 0.3 is 5.97 Å². The van der Waals surface area contributed by atoms with E-state index in [0.29, 0.717) is 29.9 Å².